The van der Waals surface area contributed by atoms with Crippen LogP contribution in [0.4, 0.5) is 5.69 Å². The fourth-order valence-electron chi connectivity index (χ4n) is 4.16. The number of likely N-dealkylation sites (tertiary alicyclic amines) is 1. The summed E-state index contributed by atoms with van der Waals surface area (Å²) in [5.41, 5.74) is 0.611. The number of rotatable bonds is 4. The number of anilines is 1. The summed E-state index contributed by atoms with van der Waals surface area (Å²) in [5, 5.41) is 2.66. The van der Waals surface area contributed by atoms with E-state index in [4.69, 9.17) is 0 Å². The van der Waals surface area contributed by atoms with Gasteiger partial charge in [0.25, 0.3) is 0 Å². The van der Waals surface area contributed by atoms with E-state index in [0.717, 1.165) is 12.8 Å². The Labute approximate surface area is 156 Å². The molecule has 0 saturated carbocycles. The van der Waals surface area contributed by atoms with Crippen LogP contribution in [0.3, 0.4) is 0 Å². The van der Waals surface area contributed by atoms with Gasteiger partial charge in [-0.25, -0.2) is 8.42 Å². The number of carbonyl (C=O) groups excluding carboxylic acids is 1. The number of piperidine rings is 1. The lowest BCUT2D eigenvalue weighted by molar-refractivity contribution is -0.926. The minimum Gasteiger partial charge on any atom is -0.332 e. The maximum Gasteiger partial charge on any atom is 0.243 e. The number of quaternary nitrogens is 1. The van der Waals surface area contributed by atoms with E-state index >= 15 is 0 Å². The van der Waals surface area contributed by atoms with E-state index in [-0.39, 0.29) is 5.91 Å². The zero-order chi connectivity index (χ0) is 18.6. The summed E-state index contributed by atoms with van der Waals surface area (Å²) in [4.78, 5) is 13.1. The Kier molecular flexibility index (Phi) is 6.32. The third-order valence-corrected chi connectivity index (χ3v) is 7.50. The maximum atomic E-state index is 12.9. The first-order valence-corrected chi connectivity index (χ1v) is 11.1. The Morgan fingerprint density at radius 2 is 1.62 bits per heavy atom. The highest BCUT2D eigenvalue weighted by Crippen LogP contribution is 2.22. The fraction of sp³-hybridized carbons (Fsp3) is 0.632. The van der Waals surface area contributed by atoms with Crippen LogP contribution in [0.15, 0.2) is 29.2 Å². The predicted octanol–water partition coefficient (Wildman–Crippen LogP) is 1.26. The summed E-state index contributed by atoms with van der Waals surface area (Å²) in [6.07, 6.45) is 7.16. The number of sulfonamides is 1. The predicted molar refractivity (Wildman–Crippen MR) is 102 cm³/mol. The molecule has 1 aromatic carbocycles. The molecule has 7 heteroatoms. The van der Waals surface area contributed by atoms with E-state index in [0.29, 0.717) is 29.7 Å². The van der Waals surface area contributed by atoms with Gasteiger partial charge in [0.15, 0.2) is 0 Å². The lowest BCUT2D eigenvalue weighted by atomic mass is 10.0. The van der Waals surface area contributed by atoms with Crippen molar-refractivity contribution >= 4 is 21.6 Å². The Hall–Kier alpha value is -1.44. The molecule has 2 N–H and O–H groups in total. The van der Waals surface area contributed by atoms with Gasteiger partial charge in [-0.1, -0.05) is 0 Å². The second-order valence-corrected chi connectivity index (χ2v) is 9.39. The highest BCUT2D eigenvalue weighted by atomic mass is 32.2. The lowest BCUT2D eigenvalue weighted by Crippen LogP contribution is -3.16. The number of hydrogen-bond acceptors (Lipinski definition) is 3. The summed E-state index contributed by atoms with van der Waals surface area (Å²) in [7, 11) is -3.46. The van der Waals surface area contributed by atoms with Gasteiger partial charge in [-0.05, 0) is 49.9 Å². The van der Waals surface area contributed by atoms with Crippen LogP contribution in [0, 0.1) is 0 Å². The van der Waals surface area contributed by atoms with E-state index in [2.05, 4.69) is 5.32 Å². The molecular weight excluding hydrogens is 350 g/mol. The Balaban J connectivity index is 1.61. The van der Waals surface area contributed by atoms with Crippen LogP contribution >= 0.6 is 0 Å². The van der Waals surface area contributed by atoms with E-state index in [1.54, 1.807) is 33.5 Å². The van der Waals surface area contributed by atoms with E-state index in [9.17, 15) is 13.2 Å². The van der Waals surface area contributed by atoms with Gasteiger partial charge in [0, 0.05) is 38.5 Å². The van der Waals surface area contributed by atoms with Gasteiger partial charge >= 0.3 is 0 Å². The summed E-state index contributed by atoms with van der Waals surface area (Å²) in [6.45, 7) is 5.11. The number of amides is 1. The van der Waals surface area contributed by atoms with Crippen molar-refractivity contribution in [3.8, 4) is 0 Å². The minimum absolute atomic E-state index is 0.168. The summed E-state index contributed by atoms with van der Waals surface area (Å²) < 4.78 is 27.4. The van der Waals surface area contributed by atoms with Gasteiger partial charge in [-0.15, -0.1) is 0 Å². The molecule has 1 amide bonds. The van der Waals surface area contributed by atoms with E-state index < -0.39 is 10.0 Å². The van der Waals surface area contributed by atoms with Crippen LogP contribution in [-0.4, -0.2) is 50.9 Å². The minimum atomic E-state index is -3.46. The molecule has 0 aliphatic carbocycles. The zero-order valence-electron chi connectivity index (χ0n) is 15.5. The quantitative estimate of drug-likeness (QED) is 0.826. The fourth-order valence-corrected chi connectivity index (χ4v) is 5.63. The summed E-state index contributed by atoms with van der Waals surface area (Å²) in [6, 6.07) is 7.03. The van der Waals surface area contributed by atoms with Crippen molar-refractivity contribution < 1.29 is 18.1 Å². The van der Waals surface area contributed by atoms with E-state index in [1.165, 1.54) is 45.7 Å². The number of carbonyl (C=O) groups is 1. The molecule has 2 aliphatic heterocycles. The molecule has 0 bridgehead atoms. The van der Waals surface area contributed by atoms with Gasteiger partial charge in [0.2, 0.25) is 15.9 Å². The molecule has 2 aliphatic rings. The van der Waals surface area contributed by atoms with Gasteiger partial charge in [0.1, 0.15) is 0 Å². The highest BCUT2D eigenvalue weighted by Gasteiger charge is 2.33. The van der Waals surface area contributed by atoms with Gasteiger partial charge in [-0.3, -0.25) is 4.79 Å². The average molecular weight is 381 g/mol. The summed E-state index contributed by atoms with van der Waals surface area (Å²) >= 11 is 0. The van der Waals surface area contributed by atoms with Crippen molar-refractivity contribution in [2.45, 2.75) is 56.4 Å². The molecule has 3 rings (SSSR count). The summed E-state index contributed by atoms with van der Waals surface area (Å²) in [5.74, 6) is -0.168. The van der Waals surface area contributed by atoms with Crippen LogP contribution < -0.4 is 10.2 Å². The molecule has 2 saturated heterocycles. The SMILES string of the molecule is CC(=O)Nc1ccc(S(=O)(=O)N2CCC([NH+]3CCCCCC3)CC2)cc1. The van der Waals surface area contributed by atoms with Crippen LogP contribution in [0.5, 0.6) is 0 Å². The van der Waals surface area contributed by atoms with Crippen LogP contribution in [-0.2, 0) is 14.8 Å². The van der Waals surface area contributed by atoms with Crippen molar-refractivity contribution in [2.75, 3.05) is 31.5 Å². The second-order valence-electron chi connectivity index (χ2n) is 7.46. The Morgan fingerprint density at radius 1 is 1.04 bits per heavy atom. The van der Waals surface area contributed by atoms with Gasteiger partial charge in [0.05, 0.1) is 24.0 Å². The molecule has 26 heavy (non-hydrogen) atoms. The number of hydrogen-bond donors (Lipinski definition) is 2. The molecule has 0 aromatic heterocycles. The highest BCUT2D eigenvalue weighted by molar-refractivity contribution is 7.89. The van der Waals surface area contributed by atoms with Crippen molar-refractivity contribution in [2.24, 2.45) is 0 Å². The largest absolute Gasteiger partial charge is 0.332 e. The molecule has 2 heterocycles. The molecule has 0 unspecified atom stereocenters. The average Bonchev–Trinajstić information content (AvgIpc) is 2.91. The van der Waals surface area contributed by atoms with Crippen LogP contribution in [0.2, 0.25) is 0 Å². The van der Waals surface area contributed by atoms with Gasteiger partial charge in [-0.2, -0.15) is 4.31 Å². The third-order valence-electron chi connectivity index (χ3n) is 5.59. The van der Waals surface area contributed by atoms with Crippen molar-refractivity contribution in [1.82, 2.24) is 4.31 Å². The smallest absolute Gasteiger partial charge is 0.243 e. The van der Waals surface area contributed by atoms with Crippen LogP contribution in [0.1, 0.15) is 45.4 Å². The Morgan fingerprint density at radius 3 is 2.15 bits per heavy atom. The van der Waals surface area contributed by atoms with Crippen molar-refractivity contribution in [3.05, 3.63) is 24.3 Å². The number of nitrogens with zero attached hydrogens (tertiary/aromatic N) is 1. The molecule has 1 aromatic rings. The first-order chi connectivity index (χ1) is 12.5. The molecule has 144 valence electrons. The molecule has 0 spiro atoms. The first-order valence-electron chi connectivity index (χ1n) is 9.69. The lowest BCUT2D eigenvalue weighted by Gasteiger charge is -2.35. The Bertz CT molecular complexity index is 702. The van der Waals surface area contributed by atoms with Crippen molar-refractivity contribution in [1.29, 1.82) is 0 Å². The molecule has 0 radical (unpaired) electrons. The van der Waals surface area contributed by atoms with Gasteiger partial charge < -0.3 is 10.2 Å². The monoisotopic (exact) mass is 380 g/mol. The normalized spacial score (nSPS) is 21.3. The molecule has 0 atom stereocenters. The number of benzene rings is 1. The van der Waals surface area contributed by atoms with Crippen molar-refractivity contribution in [3.63, 3.8) is 0 Å². The third kappa shape index (κ3) is 4.64. The standard InChI is InChI=1S/C19H29N3O3S/c1-16(23)20-17-6-8-19(9-7-17)26(24,25)22-14-10-18(11-15-22)21-12-4-2-3-5-13-21/h6-9,18H,2-5,10-15H2,1H3,(H,20,23)/p+1. The zero-order valence-corrected chi connectivity index (χ0v) is 16.4. The second kappa shape index (κ2) is 8.50. The van der Waals surface area contributed by atoms with E-state index in [1.807, 2.05) is 0 Å². The first kappa shape index (κ1) is 19.3. The number of nitrogens with one attached hydrogen (secondary N) is 2. The topological polar surface area (TPSA) is 70.9 Å². The van der Waals surface area contributed by atoms with Crippen LogP contribution in [0.25, 0.3) is 0 Å². The molecular formula is C19H30N3O3S+. The molecule has 2 fully saturated rings. The molecule has 6 nitrogen and oxygen atoms in total. The maximum absolute atomic E-state index is 12.9.